The standard InChI is InChI=1S/C5H9ClO3/c1-4(6)9-3-5(8)2-7/h5,7-8H,1-3H2. The number of aliphatic hydroxyl groups is 2. The molecule has 54 valence electrons. The van der Waals surface area contributed by atoms with Gasteiger partial charge in [0.1, 0.15) is 12.7 Å². The Bertz CT molecular complexity index is 94.2. The zero-order valence-corrected chi connectivity index (χ0v) is 5.64. The third-order valence-corrected chi connectivity index (χ3v) is 0.752. The Morgan fingerprint density at radius 1 is 1.78 bits per heavy atom. The van der Waals surface area contributed by atoms with Gasteiger partial charge in [0.05, 0.1) is 6.61 Å². The van der Waals surface area contributed by atoms with Gasteiger partial charge < -0.3 is 14.9 Å². The van der Waals surface area contributed by atoms with Gasteiger partial charge in [-0.15, -0.1) is 0 Å². The Hall–Kier alpha value is -0.250. The molecule has 0 heterocycles. The van der Waals surface area contributed by atoms with Gasteiger partial charge in [0.2, 0.25) is 0 Å². The predicted molar refractivity (Wildman–Crippen MR) is 34.0 cm³/mol. The molecule has 0 rings (SSSR count). The van der Waals surface area contributed by atoms with Crippen LogP contribution >= 0.6 is 11.6 Å². The van der Waals surface area contributed by atoms with Gasteiger partial charge in [-0.05, 0) is 18.2 Å². The van der Waals surface area contributed by atoms with E-state index in [2.05, 4.69) is 11.3 Å². The molecule has 0 aromatic rings. The predicted octanol–water partition coefficient (Wildman–Crippen LogP) is 0.0662. The summed E-state index contributed by atoms with van der Waals surface area (Å²) in [6, 6.07) is 0. The smallest absolute Gasteiger partial charge is 0.179 e. The van der Waals surface area contributed by atoms with Crippen molar-refractivity contribution < 1.29 is 14.9 Å². The van der Waals surface area contributed by atoms with E-state index in [-0.39, 0.29) is 18.4 Å². The van der Waals surface area contributed by atoms with E-state index < -0.39 is 6.10 Å². The first-order valence-corrected chi connectivity index (χ1v) is 2.80. The van der Waals surface area contributed by atoms with Crippen molar-refractivity contribution in [2.45, 2.75) is 6.10 Å². The van der Waals surface area contributed by atoms with E-state index in [9.17, 15) is 0 Å². The summed E-state index contributed by atoms with van der Waals surface area (Å²) >= 11 is 5.17. The van der Waals surface area contributed by atoms with E-state index in [0.717, 1.165) is 0 Å². The molecule has 4 heteroatoms. The zero-order chi connectivity index (χ0) is 7.28. The maximum Gasteiger partial charge on any atom is 0.179 e. The molecule has 0 aromatic heterocycles. The Labute approximate surface area is 58.5 Å². The summed E-state index contributed by atoms with van der Waals surface area (Å²) in [5.41, 5.74) is 0. The van der Waals surface area contributed by atoms with Crippen molar-refractivity contribution in [2.75, 3.05) is 13.2 Å². The lowest BCUT2D eigenvalue weighted by Gasteiger charge is -2.06. The molecule has 1 atom stereocenters. The summed E-state index contributed by atoms with van der Waals surface area (Å²) in [4.78, 5) is 0. The van der Waals surface area contributed by atoms with Crippen molar-refractivity contribution in [3.63, 3.8) is 0 Å². The fraction of sp³-hybridized carbons (Fsp3) is 0.600. The fourth-order valence-corrected chi connectivity index (χ4v) is 0.302. The van der Waals surface area contributed by atoms with Crippen molar-refractivity contribution in [2.24, 2.45) is 0 Å². The van der Waals surface area contributed by atoms with Crippen molar-refractivity contribution in [3.05, 3.63) is 11.8 Å². The molecule has 0 aliphatic rings. The Balaban J connectivity index is 3.16. The van der Waals surface area contributed by atoms with Crippen LogP contribution in [0.15, 0.2) is 11.8 Å². The molecule has 0 aromatic carbocycles. The van der Waals surface area contributed by atoms with E-state index >= 15 is 0 Å². The number of hydrogen-bond acceptors (Lipinski definition) is 3. The monoisotopic (exact) mass is 152 g/mol. The van der Waals surface area contributed by atoms with Crippen LogP contribution in [0.3, 0.4) is 0 Å². The van der Waals surface area contributed by atoms with Crippen LogP contribution in [0.25, 0.3) is 0 Å². The summed E-state index contributed by atoms with van der Waals surface area (Å²) < 4.78 is 4.56. The minimum absolute atomic E-state index is 0.0150. The van der Waals surface area contributed by atoms with Gasteiger partial charge in [0.25, 0.3) is 0 Å². The van der Waals surface area contributed by atoms with Crippen LogP contribution < -0.4 is 0 Å². The van der Waals surface area contributed by atoms with E-state index in [1.54, 1.807) is 0 Å². The van der Waals surface area contributed by atoms with Gasteiger partial charge in [0.15, 0.2) is 5.22 Å². The minimum Gasteiger partial charge on any atom is -0.481 e. The molecule has 0 saturated carbocycles. The molecule has 0 amide bonds. The SMILES string of the molecule is C=C(Cl)OCC(O)CO. The van der Waals surface area contributed by atoms with Crippen LogP contribution in [0.4, 0.5) is 0 Å². The third kappa shape index (κ3) is 5.62. The number of aliphatic hydroxyl groups excluding tert-OH is 2. The molecule has 0 fully saturated rings. The van der Waals surface area contributed by atoms with E-state index in [0.29, 0.717) is 0 Å². The zero-order valence-electron chi connectivity index (χ0n) is 4.88. The van der Waals surface area contributed by atoms with E-state index in [4.69, 9.17) is 21.8 Å². The Kier molecular flexibility index (Phi) is 4.48. The fourth-order valence-electron chi connectivity index (χ4n) is 0.239. The van der Waals surface area contributed by atoms with Crippen molar-refractivity contribution in [1.29, 1.82) is 0 Å². The third-order valence-electron chi connectivity index (χ3n) is 0.643. The topological polar surface area (TPSA) is 49.7 Å². The number of rotatable bonds is 4. The van der Waals surface area contributed by atoms with Crippen LogP contribution in [-0.2, 0) is 4.74 Å². The molecule has 0 radical (unpaired) electrons. The first-order valence-electron chi connectivity index (χ1n) is 2.43. The molecule has 0 bridgehead atoms. The Morgan fingerprint density at radius 2 is 2.33 bits per heavy atom. The second-order valence-corrected chi connectivity index (χ2v) is 1.92. The van der Waals surface area contributed by atoms with Gasteiger partial charge in [-0.3, -0.25) is 0 Å². The van der Waals surface area contributed by atoms with Gasteiger partial charge in [0, 0.05) is 0 Å². The highest BCUT2D eigenvalue weighted by Crippen LogP contribution is 1.98. The molecule has 3 nitrogen and oxygen atoms in total. The summed E-state index contributed by atoms with van der Waals surface area (Å²) in [6.45, 7) is 2.87. The van der Waals surface area contributed by atoms with Crippen LogP contribution in [0, 0.1) is 0 Å². The molecule has 0 saturated heterocycles. The van der Waals surface area contributed by atoms with Crippen molar-refractivity contribution >= 4 is 11.6 Å². The average molecular weight is 153 g/mol. The molecular weight excluding hydrogens is 144 g/mol. The van der Waals surface area contributed by atoms with Crippen LogP contribution in [-0.4, -0.2) is 29.5 Å². The molecule has 0 spiro atoms. The summed E-state index contributed by atoms with van der Waals surface area (Å²) in [5, 5.41) is 16.9. The molecule has 2 N–H and O–H groups in total. The van der Waals surface area contributed by atoms with E-state index in [1.165, 1.54) is 0 Å². The van der Waals surface area contributed by atoms with Crippen molar-refractivity contribution in [3.8, 4) is 0 Å². The Morgan fingerprint density at radius 3 is 2.67 bits per heavy atom. The lowest BCUT2D eigenvalue weighted by molar-refractivity contribution is 0.0357. The molecule has 1 unspecified atom stereocenters. The van der Waals surface area contributed by atoms with Crippen LogP contribution in [0.5, 0.6) is 0 Å². The quantitative estimate of drug-likeness (QED) is 0.561. The highest BCUT2D eigenvalue weighted by atomic mass is 35.5. The van der Waals surface area contributed by atoms with Crippen molar-refractivity contribution in [1.82, 2.24) is 0 Å². The highest BCUT2D eigenvalue weighted by Gasteiger charge is 2.00. The first kappa shape index (κ1) is 8.75. The molecule has 0 aliphatic heterocycles. The lowest BCUT2D eigenvalue weighted by atomic mass is 10.4. The largest absolute Gasteiger partial charge is 0.481 e. The van der Waals surface area contributed by atoms with Crippen LogP contribution in [0.1, 0.15) is 0 Å². The normalized spacial score (nSPS) is 12.8. The van der Waals surface area contributed by atoms with Gasteiger partial charge in [-0.25, -0.2) is 0 Å². The second-order valence-electron chi connectivity index (χ2n) is 1.50. The van der Waals surface area contributed by atoms with E-state index in [1.807, 2.05) is 0 Å². The molecule has 9 heavy (non-hydrogen) atoms. The summed E-state index contributed by atoms with van der Waals surface area (Å²) in [7, 11) is 0. The number of halogens is 1. The average Bonchev–Trinajstić information content (AvgIpc) is 1.83. The van der Waals surface area contributed by atoms with Crippen LogP contribution in [0.2, 0.25) is 0 Å². The maximum atomic E-state index is 8.63. The minimum atomic E-state index is -0.875. The first-order chi connectivity index (χ1) is 4.16. The van der Waals surface area contributed by atoms with Gasteiger partial charge in [-0.1, -0.05) is 0 Å². The van der Waals surface area contributed by atoms with Gasteiger partial charge >= 0.3 is 0 Å². The second kappa shape index (κ2) is 4.61. The van der Waals surface area contributed by atoms with Gasteiger partial charge in [-0.2, -0.15) is 0 Å². The number of hydrogen-bond donors (Lipinski definition) is 2. The lowest BCUT2D eigenvalue weighted by Crippen LogP contribution is -2.18. The summed E-state index contributed by atoms with van der Waals surface area (Å²) in [6.07, 6.45) is -0.875. The summed E-state index contributed by atoms with van der Waals surface area (Å²) in [5.74, 6) is 0. The highest BCUT2D eigenvalue weighted by molar-refractivity contribution is 6.27. The number of ether oxygens (including phenoxy) is 1. The molecular formula is C5H9ClO3. The molecule has 0 aliphatic carbocycles. The maximum absolute atomic E-state index is 8.63.